The molecule has 0 N–H and O–H groups in total. The Kier molecular flexibility index (Phi) is 5.26. The Hall–Kier alpha value is -0.880. The van der Waals surface area contributed by atoms with Gasteiger partial charge in [0, 0.05) is 5.56 Å². The summed E-state index contributed by atoms with van der Waals surface area (Å²) in [5.41, 5.74) is -2.11. The van der Waals surface area contributed by atoms with E-state index in [1.807, 2.05) is 0 Å². The van der Waals surface area contributed by atoms with Gasteiger partial charge in [0.05, 0.1) is 8.45 Å². The molecule has 0 unspecified atom stereocenters. The average Bonchev–Trinajstić information content (AvgIpc) is 2.78. The third-order valence-corrected chi connectivity index (χ3v) is 4.68. The van der Waals surface area contributed by atoms with Crippen LogP contribution in [0.5, 0.6) is 0 Å². The number of benzene rings is 1. The van der Waals surface area contributed by atoms with Gasteiger partial charge in [0.15, 0.2) is 5.69 Å². The smallest absolute Gasteiger partial charge is 0.213 e. The summed E-state index contributed by atoms with van der Waals surface area (Å²) >= 11 is 7.90. The van der Waals surface area contributed by atoms with Crippen LogP contribution in [0.3, 0.4) is 0 Å². The van der Waals surface area contributed by atoms with E-state index in [1.165, 1.54) is 28.7 Å². The van der Waals surface area contributed by atoms with Gasteiger partial charge in [-0.3, -0.25) is 0 Å². The van der Waals surface area contributed by atoms with Crippen molar-refractivity contribution in [3.8, 4) is 0 Å². The van der Waals surface area contributed by atoms with E-state index in [4.69, 9.17) is 11.6 Å². The zero-order chi connectivity index (χ0) is 17.4. The van der Waals surface area contributed by atoms with E-state index in [-0.39, 0.29) is 18.7 Å². The summed E-state index contributed by atoms with van der Waals surface area (Å²) in [6.45, 7) is 0. The van der Waals surface area contributed by atoms with E-state index in [9.17, 15) is 26.3 Å². The number of halogens is 8. The number of alkyl halides is 6. The first kappa shape index (κ1) is 18.5. The van der Waals surface area contributed by atoms with Gasteiger partial charge in [-0.1, -0.05) is 35.1 Å². The third-order valence-electron chi connectivity index (χ3n) is 2.46. The van der Waals surface area contributed by atoms with Crippen molar-refractivity contribution in [1.29, 1.82) is 0 Å². The molecule has 124 valence electrons. The Bertz CT molecular complexity index is 753. The maximum Gasteiger partial charge on any atom is 0.435 e. The van der Waals surface area contributed by atoms with Crippen LogP contribution in [0.2, 0.25) is 0 Å². The van der Waals surface area contributed by atoms with Crippen LogP contribution in [0, 0.1) is 2.88 Å². The van der Waals surface area contributed by atoms with Gasteiger partial charge in [-0.25, -0.2) is 9.98 Å². The fraction of sp³-hybridized carbons (Fsp3) is 0.167. The van der Waals surface area contributed by atoms with Crippen LogP contribution in [0.15, 0.2) is 29.3 Å². The monoisotopic (exact) mass is 484 g/mol. The van der Waals surface area contributed by atoms with E-state index in [1.54, 1.807) is 0 Å². The summed E-state index contributed by atoms with van der Waals surface area (Å²) in [4.78, 5) is 6.97. The molecule has 1 aromatic carbocycles. The van der Waals surface area contributed by atoms with Crippen molar-refractivity contribution in [1.82, 2.24) is 4.98 Å². The highest BCUT2D eigenvalue weighted by atomic mass is 127. The van der Waals surface area contributed by atoms with Gasteiger partial charge < -0.3 is 0 Å². The molecule has 0 fully saturated rings. The van der Waals surface area contributed by atoms with Crippen molar-refractivity contribution in [3.63, 3.8) is 0 Å². The summed E-state index contributed by atoms with van der Waals surface area (Å²) in [5, 5.41) is -0.667. The Morgan fingerprint density at radius 1 is 1.13 bits per heavy atom. The van der Waals surface area contributed by atoms with Crippen molar-refractivity contribution in [3.05, 3.63) is 44.0 Å². The summed E-state index contributed by atoms with van der Waals surface area (Å²) < 4.78 is 75.7. The molecule has 0 saturated heterocycles. The molecule has 0 radical (unpaired) electrons. The van der Waals surface area contributed by atoms with Crippen molar-refractivity contribution in [2.75, 3.05) is 0 Å². The van der Waals surface area contributed by atoms with E-state index in [0.29, 0.717) is 11.3 Å². The molecule has 1 heterocycles. The Morgan fingerprint density at radius 2 is 1.78 bits per heavy atom. The minimum atomic E-state index is -4.64. The maximum atomic E-state index is 12.6. The van der Waals surface area contributed by atoms with Crippen molar-refractivity contribution in [2.24, 2.45) is 4.99 Å². The van der Waals surface area contributed by atoms with Gasteiger partial charge in [0.25, 0.3) is 0 Å². The van der Waals surface area contributed by atoms with Crippen LogP contribution in [0.25, 0.3) is 0 Å². The molecule has 0 amide bonds. The predicted molar refractivity (Wildman–Crippen MR) is 83.3 cm³/mol. The molecule has 0 spiro atoms. The normalized spacial score (nSPS) is 13.5. The molecule has 23 heavy (non-hydrogen) atoms. The van der Waals surface area contributed by atoms with E-state index < -0.39 is 23.6 Å². The first-order valence-corrected chi connectivity index (χ1v) is 7.91. The van der Waals surface area contributed by atoms with E-state index >= 15 is 0 Å². The molecule has 2 nitrogen and oxygen atoms in total. The van der Waals surface area contributed by atoms with Crippen molar-refractivity contribution < 1.29 is 26.3 Å². The predicted octanol–water partition coefficient (Wildman–Crippen LogP) is 6.10. The number of aliphatic imine (C=N–C) groups is 1. The summed E-state index contributed by atoms with van der Waals surface area (Å²) in [5.74, 6) is 0. The van der Waals surface area contributed by atoms with Gasteiger partial charge in [-0.2, -0.15) is 26.3 Å². The van der Waals surface area contributed by atoms with E-state index in [0.717, 1.165) is 18.2 Å². The van der Waals surface area contributed by atoms with Crippen molar-refractivity contribution >= 4 is 55.8 Å². The lowest BCUT2D eigenvalue weighted by atomic mass is 10.1. The number of hydrogen-bond donors (Lipinski definition) is 0. The van der Waals surface area contributed by atoms with Gasteiger partial charge in [0.1, 0.15) is 5.17 Å². The van der Waals surface area contributed by atoms with Crippen LogP contribution in [-0.4, -0.2) is 10.2 Å². The summed E-state index contributed by atoms with van der Waals surface area (Å²) in [6, 6.07) is 4.00. The number of rotatable bonds is 2. The SMILES string of the molecule is FC(F)(F)c1cccc(/C(Cl)=N/c2nc(C(F)(F)F)c(I)s2)c1. The minimum absolute atomic E-state index is 0.0692. The first-order valence-electron chi connectivity index (χ1n) is 5.64. The number of nitrogens with zero attached hydrogens (tertiary/aromatic N) is 2. The molecule has 0 aliphatic carbocycles. The molecule has 0 aliphatic rings. The van der Waals surface area contributed by atoms with Gasteiger partial charge >= 0.3 is 12.4 Å². The Balaban J connectivity index is 2.38. The first-order chi connectivity index (χ1) is 10.5. The molecule has 1 aromatic heterocycles. The molecular weight excluding hydrogens is 481 g/mol. The molecule has 0 aliphatic heterocycles. The Morgan fingerprint density at radius 3 is 2.30 bits per heavy atom. The fourth-order valence-electron chi connectivity index (χ4n) is 1.49. The molecule has 11 heteroatoms. The summed E-state index contributed by atoms with van der Waals surface area (Å²) in [6.07, 6.45) is -9.20. The lowest BCUT2D eigenvalue weighted by molar-refractivity contribution is -0.141. The lowest BCUT2D eigenvalue weighted by Crippen LogP contribution is -2.07. The highest BCUT2D eigenvalue weighted by molar-refractivity contribution is 14.1. The quantitative estimate of drug-likeness (QED) is 0.287. The number of thiazole rings is 1. The van der Waals surface area contributed by atoms with Crippen LogP contribution in [0.4, 0.5) is 31.5 Å². The van der Waals surface area contributed by atoms with Crippen LogP contribution in [-0.2, 0) is 12.4 Å². The van der Waals surface area contributed by atoms with Crippen LogP contribution < -0.4 is 0 Å². The van der Waals surface area contributed by atoms with Crippen molar-refractivity contribution in [2.45, 2.75) is 12.4 Å². The standard InChI is InChI=1S/C12H4ClF6IN2S/c13-8(5-2-1-3-6(4-5)11(14,15)16)22-10-21-7(9(20)23-10)12(17,18)19/h1-4H/b22-8-. The van der Waals surface area contributed by atoms with E-state index in [2.05, 4.69) is 9.98 Å². The molecule has 0 saturated carbocycles. The zero-order valence-corrected chi connectivity index (χ0v) is 14.4. The van der Waals surface area contributed by atoms with Crippen LogP contribution in [0.1, 0.15) is 16.8 Å². The second kappa shape index (κ2) is 6.55. The highest BCUT2D eigenvalue weighted by Crippen LogP contribution is 2.38. The van der Waals surface area contributed by atoms with Gasteiger partial charge in [-0.15, -0.1) is 0 Å². The second-order valence-corrected chi connectivity index (χ2v) is 7.24. The number of aromatic nitrogens is 1. The topological polar surface area (TPSA) is 25.2 Å². The number of hydrogen-bond acceptors (Lipinski definition) is 3. The molecule has 0 atom stereocenters. The van der Waals surface area contributed by atoms with Gasteiger partial charge in [0.2, 0.25) is 5.13 Å². The lowest BCUT2D eigenvalue weighted by Gasteiger charge is -2.07. The van der Waals surface area contributed by atoms with Crippen LogP contribution >= 0.6 is 45.5 Å². The molecule has 2 rings (SSSR count). The third kappa shape index (κ3) is 4.57. The Labute approximate surface area is 148 Å². The second-order valence-electron chi connectivity index (χ2n) is 4.10. The maximum absolute atomic E-state index is 12.6. The van der Waals surface area contributed by atoms with Gasteiger partial charge in [-0.05, 0) is 34.7 Å². The highest BCUT2D eigenvalue weighted by Gasteiger charge is 2.37. The average molecular weight is 485 g/mol. The summed E-state index contributed by atoms with van der Waals surface area (Å²) in [7, 11) is 0. The largest absolute Gasteiger partial charge is 0.435 e. The minimum Gasteiger partial charge on any atom is -0.213 e. The fourth-order valence-corrected chi connectivity index (χ4v) is 3.44. The molecule has 0 bridgehead atoms. The zero-order valence-electron chi connectivity index (χ0n) is 10.6. The molecular formula is C12H4ClF6IN2S. The molecule has 2 aromatic rings.